The average molecular weight is 406 g/mol. The Hall–Kier alpha value is -2.09. The molecular weight excluding hydrogens is 394 g/mol. The van der Waals surface area contributed by atoms with Crippen molar-refractivity contribution in [1.82, 2.24) is 10.4 Å². The molecule has 25 heavy (non-hydrogen) atoms. The van der Waals surface area contributed by atoms with Crippen LogP contribution in [0.4, 0.5) is 10.1 Å². The first-order chi connectivity index (χ1) is 11.8. The molecule has 1 heterocycles. The second-order valence-electron chi connectivity index (χ2n) is 4.78. The fourth-order valence-electron chi connectivity index (χ4n) is 1.83. The molecule has 1 amide bonds. The second-order valence-corrected chi connectivity index (χ2v) is 5.89. The Bertz CT molecular complexity index is 874. The van der Waals surface area contributed by atoms with Gasteiger partial charge in [0.15, 0.2) is 22.4 Å². The number of rotatable bonds is 4. The number of anilines is 1. The van der Waals surface area contributed by atoms with Crippen molar-refractivity contribution in [3.63, 3.8) is 0 Å². The van der Waals surface area contributed by atoms with Crippen LogP contribution in [0.3, 0.4) is 0 Å². The summed E-state index contributed by atoms with van der Waals surface area (Å²) < 4.78 is 18.6. The lowest BCUT2D eigenvalue weighted by atomic mass is 10.1. The lowest BCUT2D eigenvalue weighted by Crippen LogP contribution is -2.21. The van der Waals surface area contributed by atoms with E-state index in [-0.39, 0.29) is 32.3 Å². The second kappa shape index (κ2) is 7.86. The summed E-state index contributed by atoms with van der Waals surface area (Å²) in [4.78, 5) is 16.0. The summed E-state index contributed by atoms with van der Waals surface area (Å²) in [5.41, 5.74) is 8.41. The molecule has 0 aliphatic rings. The molecule has 0 fully saturated rings. The molecule has 2 aromatic rings. The third-order valence-corrected chi connectivity index (χ3v) is 4.32. The maximum atomic E-state index is 13.7. The smallest absolute Gasteiger partial charge is 0.291 e. The van der Waals surface area contributed by atoms with E-state index in [9.17, 15) is 9.18 Å². The van der Waals surface area contributed by atoms with Gasteiger partial charge in [-0.1, -0.05) is 34.8 Å². The van der Waals surface area contributed by atoms with E-state index in [1.807, 2.05) is 0 Å². The van der Waals surface area contributed by atoms with Crippen LogP contribution in [-0.2, 0) is 0 Å². The summed E-state index contributed by atoms with van der Waals surface area (Å²) in [6.07, 6.45) is 0. The van der Waals surface area contributed by atoms with Crippen molar-refractivity contribution >= 4 is 52.1 Å². The minimum atomic E-state index is -0.747. The molecule has 0 atom stereocenters. The molecule has 132 valence electrons. The molecule has 1 aromatic carbocycles. The number of benzene rings is 1. The van der Waals surface area contributed by atoms with Gasteiger partial charge in [0, 0.05) is 5.56 Å². The van der Waals surface area contributed by atoms with Crippen molar-refractivity contribution in [2.45, 2.75) is 6.92 Å². The number of hydrogen-bond acceptors (Lipinski definition) is 5. The highest BCUT2D eigenvalue weighted by Gasteiger charge is 2.19. The Morgan fingerprint density at radius 1 is 1.32 bits per heavy atom. The summed E-state index contributed by atoms with van der Waals surface area (Å²) in [6.45, 7) is 1.58. The lowest BCUT2D eigenvalue weighted by molar-refractivity contribution is 0.0950. The summed E-state index contributed by atoms with van der Waals surface area (Å²) in [5, 5.41) is 3.54. The number of hydrazone groups is 1. The van der Waals surface area contributed by atoms with Crippen molar-refractivity contribution in [3.05, 3.63) is 50.5 Å². The Morgan fingerprint density at radius 2 is 2.00 bits per heavy atom. The van der Waals surface area contributed by atoms with Crippen LogP contribution in [0.15, 0.2) is 23.3 Å². The van der Waals surface area contributed by atoms with E-state index in [4.69, 9.17) is 45.3 Å². The number of hydrogen-bond donors (Lipinski definition) is 2. The minimum absolute atomic E-state index is 0.0448. The number of ether oxygens (including phenoxy) is 1. The number of pyridine rings is 1. The van der Waals surface area contributed by atoms with Crippen LogP contribution in [-0.4, -0.2) is 23.7 Å². The van der Waals surface area contributed by atoms with Crippen LogP contribution in [0.2, 0.25) is 15.2 Å². The molecule has 0 bridgehead atoms. The van der Waals surface area contributed by atoms with Gasteiger partial charge >= 0.3 is 0 Å². The maximum Gasteiger partial charge on any atom is 0.291 e. The molecule has 0 aliphatic carbocycles. The monoisotopic (exact) mass is 404 g/mol. The van der Waals surface area contributed by atoms with Crippen molar-refractivity contribution < 1.29 is 13.9 Å². The van der Waals surface area contributed by atoms with E-state index < -0.39 is 11.7 Å². The van der Waals surface area contributed by atoms with Crippen molar-refractivity contribution in [3.8, 4) is 5.75 Å². The van der Waals surface area contributed by atoms with Gasteiger partial charge in [0.2, 0.25) is 0 Å². The Balaban J connectivity index is 2.24. The number of amides is 1. The first-order valence-corrected chi connectivity index (χ1v) is 7.88. The number of halogens is 4. The Labute approximate surface area is 157 Å². The van der Waals surface area contributed by atoms with Crippen LogP contribution >= 0.6 is 34.8 Å². The zero-order chi connectivity index (χ0) is 18.7. The molecule has 6 nitrogen and oxygen atoms in total. The highest BCUT2D eigenvalue weighted by Crippen LogP contribution is 2.34. The normalized spacial score (nSPS) is 11.4. The lowest BCUT2D eigenvalue weighted by Gasteiger charge is -2.08. The summed E-state index contributed by atoms with van der Waals surface area (Å²) in [6, 6.07) is 4.27. The van der Waals surface area contributed by atoms with E-state index in [1.54, 1.807) is 13.0 Å². The maximum absolute atomic E-state index is 13.7. The van der Waals surface area contributed by atoms with Gasteiger partial charge in [0.05, 0.1) is 23.5 Å². The number of nitrogens with zero attached hydrogens (tertiary/aromatic N) is 2. The Morgan fingerprint density at radius 3 is 2.60 bits per heavy atom. The number of aromatic nitrogens is 1. The first-order valence-electron chi connectivity index (χ1n) is 6.74. The predicted octanol–water partition coefficient (Wildman–Crippen LogP) is 3.93. The van der Waals surface area contributed by atoms with Crippen molar-refractivity contribution in [2.24, 2.45) is 5.10 Å². The number of carbonyl (C=O) groups is 1. The van der Waals surface area contributed by atoms with Gasteiger partial charge in [0.1, 0.15) is 5.02 Å². The van der Waals surface area contributed by atoms with Gasteiger partial charge in [-0.15, -0.1) is 0 Å². The van der Waals surface area contributed by atoms with Crippen molar-refractivity contribution in [2.75, 3.05) is 12.8 Å². The molecule has 2 rings (SSSR count). The van der Waals surface area contributed by atoms with E-state index in [2.05, 4.69) is 15.5 Å². The summed E-state index contributed by atoms with van der Waals surface area (Å²) in [5.74, 6) is -1.20. The summed E-state index contributed by atoms with van der Waals surface area (Å²) in [7, 11) is 1.36. The zero-order valence-electron chi connectivity index (χ0n) is 13.0. The van der Waals surface area contributed by atoms with Gasteiger partial charge in [-0.3, -0.25) is 4.79 Å². The molecule has 0 radical (unpaired) electrons. The fraction of sp³-hybridized carbons (Fsp3) is 0.133. The zero-order valence-corrected chi connectivity index (χ0v) is 15.3. The van der Waals surface area contributed by atoms with E-state index in [0.717, 1.165) is 0 Å². The van der Waals surface area contributed by atoms with Gasteiger partial charge in [-0.2, -0.15) is 5.10 Å². The van der Waals surface area contributed by atoms with Crippen LogP contribution < -0.4 is 15.9 Å². The number of nitrogen functional groups attached to an aromatic ring is 1. The molecule has 0 aliphatic heterocycles. The SMILES string of the molecule is COc1ccc(/C(C)=N/NC(=O)c2nc(Cl)c(Cl)c(N)c2Cl)cc1F. The highest BCUT2D eigenvalue weighted by molar-refractivity contribution is 6.46. The first kappa shape index (κ1) is 19.2. The van der Waals surface area contributed by atoms with E-state index >= 15 is 0 Å². The van der Waals surface area contributed by atoms with Gasteiger partial charge < -0.3 is 10.5 Å². The third kappa shape index (κ3) is 4.12. The molecule has 3 N–H and O–H groups in total. The molecule has 0 saturated carbocycles. The van der Waals surface area contributed by atoms with Crippen LogP contribution in [0.1, 0.15) is 23.0 Å². The topological polar surface area (TPSA) is 89.6 Å². The predicted molar refractivity (Wildman–Crippen MR) is 96.3 cm³/mol. The Kier molecular flexibility index (Phi) is 6.05. The number of nitrogens with two attached hydrogens (primary N) is 1. The average Bonchev–Trinajstić information content (AvgIpc) is 2.60. The quantitative estimate of drug-likeness (QED) is 0.458. The fourth-order valence-corrected chi connectivity index (χ4v) is 2.42. The number of methoxy groups -OCH3 is 1. The standard InChI is InChI=1S/C15H12Cl3FN4O2/c1-6(7-3-4-9(25-2)8(19)5-7)22-23-15(24)13-10(16)12(20)11(17)14(18)21-13/h3-5H,1-2H3,(H2,20,21)(H,23,24)/b22-6+. The van der Waals surface area contributed by atoms with Crippen LogP contribution in [0.25, 0.3) is 0 Å². The van der Waals surface area contributed by atoms with Gasteiger partial charge in [-0.05, 0) is 25.1 Å². The molecule has 0 unspecified atom stereocenters. The number of nitrogens with one attached hydrogen (secondary N) is 1. The third-order valence-electron chi connectivity index (χ3n) is 3.18. The summed E-state index contributed by atoms with van der Waals surface area (Å²) >= 11 is 17.5. The molecule has 1 aromatic heterocycles. The highest BCUT2D eigenvalue weighted by atomic mass is 35.5. The van der Waals surface area contributed by atoms with E-state index in [1.165, 1.54) is 19.2 Å². The minimum Gasteiger partial charge on any atom is -0.494 e. The largest absolute Gasteiger partial charge is 0.494 e. The van der Waals surface area contributed by atoms with Crippen molar-refractivity contribution in [1.29, 1.82) is 0 Å². The molecule has 0 saturated heterocycles. The number of carbonyl (C=O) groups excluding carboxylic acids is 1. The van der Waals surface area contributed by atoms with Gasteiger partial charge in [-0.25, -0.2) is 14.8 Å². The van der Waals surface area contributed by atoms with Crippen LogP contribution in [0, 0.1) is 5.82 Å². The molecular formula is C15H12Cl3FN4O2. The molecule has 10 heteroatoms. The van der Waals surface area contributed by atoms with E-state index in [0.29, 0.717) is 11.3 Å². The van der Waals surface area contributed by atoms with Gasteiger partial charge in [0.25, 0.3) is 5.91 Å². The molecule has 0 spiro atoms. The van der Waals surface area contributed by atoms with Crippen LogP contribution in [0.5, 0.6) is 5.75 Å².